The van der Waals surface area contributed by atoms with Crippen LogP contribution >= 0.6 is 0 Å². The van der Waals surface area contributed by atoms with E-state index in [0.717, 1.165) is 16.9 Å². The molecule has 1 heterocycles. The van der Waals surface area contributed by atoms with Crippen LogP contribution in [0.15, 0.2) is 59.4 Å². The predicted octanol–water partition coefficient (Wildman–Crippen LogP) is 2.73. The first-order valence-electron chi connectivity index (χ1n) is 9.65. The number of aryl methyl sites for hydroxylation is 2. The zero-order valence-corrected chi connectivity index (χ0v) is 17.3. The molecular weight excluding hydrogens is 382 g/mol. The lowest BCUT2D eigenvalue weighted by Crippen LogP contribution is -2.34. The summed E-state index contributed by atoms with van der Waals surface area (Å²) in [6, 6.07) is 16.3. The highest BCUT2D eigenvalue weighted by atomic mass is 16.5. The number of nitrogens with one attached hydrogen (secondary N) is 1. The standard InChI is InChI=1S/C23H25N3O4/c1-16-4-7-20(14-17(16)2)30-15-22(27)24-12-13-26-23(28)11-10-21(25-26)18-5-8-19(29-3)9-6-18/h4-11,14H,12-13,15H2,1-3H3,(H,24,27). The maximum atomic E-state index is 12.1. The molecule has 1 N–H and O–H groups in total. The number of carbonyl (C=O) groups excluding carboxylic acids is 1. The number of hydrogen-bond donors (Lipinski definition) is 1. The molecule has 0 fully saturated rings. The van der Waals surface area contributed by atoms with Crippen molar-refractivity contribution in [2.24, 2.45) is 0 Å². The number of hydrogen-bond acceptors (Lipinski definition) is 5. The Kier molecular flexibility index (Phi) is 6.85. The molecule has 0 saturated carbocycles. The van der Waals surface area contributed by atoms with Gasteiger partial charge in [-0.1, -0.05) is 6.07 Å². The van der Waals surface area contributed by atoms with Crippen LogP contribution in [-0.2, 0) is 11.3 Å². The second-order valence-electron chi connectivity index (χ2n) is 6.89. The highest BCUT2D eigenvalue weighted by Crippen LogP contribution is 2.19. The van der Waals surface area contributed by atoms with Gasteiger partial charge < -0.3 is 14.8 Å². The maximum absolute atomic E-state index is 12.1. The molecule has 0 aliphatic carbocycles. The van der Waals surface area contributed by atoms with Gasteiger partial charge in [-0.3, -0.25) is 9.59 Å². The molecule has 0 bridgehead atoms. The van der Waals surface area contributed by atoms with E-state index < -0.39 is 0 Å². The van der Waals surface area contributed by atoms with Gasteiger partial charge in [-0.05, 0) is 67.4 Å². The molecular formula is C23H25N3O4. The van der Waals surface area contributed by atoms with Crippen LogP contribution in [0.25, 0.3) is 11.3 Å². The Balaban J connectivity index is 1.54. The van der Waals surface area contributed by atoms with Crippen LogP contribution < -0.4 is 20.3 Å². The summed E-state index contributed by atoms with van der Waals surface area (Å²) in [5, 5.41) is 7.14. The van der Waals surface area contributed by atoms with Gasteiger partial charge in [-0.2, -0.15) is 5.10 Å². The number of amides is 1. The second kappa shape index (κ2) is 9.73. The number of benzene rings is 2. The van der Waals surface area contributed by atoms with Gasteiger partial charge in [0.2, 0.25) is 0 Å². The Morgan fingerprint density at radius 1 is 1.00 bits per heavy atom. The lowest BCUT2D eigenvalue weighted by atomic mass is 10.1. The predicted molar refractivity (Wildman–Crippen MR) is 115 cm³/mol. The Bertz CT molecular complexity index is 1070. The highest BCUT2D eigenvalue weighted by molar-refractivity contribution is 5.77. The van der Waals surface area contributed by atoms with Crippen LogP contribution in [0, 0.1) is 13.8 Å². The van der Waals surface area contributed by atoms with E-state index in [1.165, 1.54) is 16.3 Å². The normalized spacial score (nSPS) is 10.5. The van der Waals surface area contributed by atoms with Crippen LogP contribution in [0.3, 0.4) is 0 Å². The van der Waals surface area contributed by atoms with Gasteiger partial charge in [0.05, 0.1) is 19.3 Å². The van der Waals surface area contributed by atoms with Crippen molar-refractivity contribution in [3.63, 3.8) is 0 Å². The first-order valence-corrected chi connectivity index (χ1v) is 9.65. The van der Waals surface area contributed by atoms with E-state index in [0.29, 0.717) is 11.4 Å². The Hall–Kier alpha value is -3.61. The minimum absolute atomic E-state index is 0.0866. The van der Waals surface area contributed by atoms with Gasteiger partial charge in [0, 0.05) is 18.2 Å². The fourth-order valence-corrected chi connectivity index (χ4v) is 2.83. The number of carbonyl (C=O) groups is 1. The number of rotatable bonds is 8. The van der Waals surface area contributed by atoms with E-state index in [-0.39, 0.29) is 31.2 Å². The molecule has 2 aromatic carbocycles. The molecule has 1 aromatic heterocycles. The lowest BCUT2D eigenvalue weighted by molar-refractivity contribution is -0.123. The minimum atomic E-state index is -0.257. The molecule has 0 unspecified atom stereocenters. The molecule has 30 heavy (non-hydrogen) atoms. The minimum Gasteiger partial charge on any atom is -0.497 e. The van der Waals surface area contributed by atoms with Crippen LogP contribution in [0.5, 0.6) is 11.5 Å². The number of methoxy groups -OCH3 is 1. The summed E-state index contributed by atoms with van der Waals surface area (Å²) in [7, 11) is 1.61. The third-order valence-corrected chi connectivity index (χ3v) is 4.75. The molecule has 7 nitrogen and oxygen atoms in total. The molecule has 1 amide bonds. The third kappa shape index (κ3) is 5.47. The van der Waals surface area contributed by atoms with Gasteiger partial charge >= 0.3 is 0 Å². The highest BCUT2D eigenvalue weighted by Gasteiger charge is 2.06. The van der Waals surface area contributed by atoms with Gasteiger partial charge in [0.15, 0.2) is 6.61 Å². The van der Waals surface area contributed by atoms with E-state index in [1.54, 1.807) is 13.2 Å². The molecule has 7 heteroatoms. The smallest absolute Gasteiger partial charge is 0.266 e. The summed E-state index contributed by atoms with van der Waals surface area (Å²) in [4.78, 5) is 24.1. The zero-order valence-electron chi connectivity index (χ0n) is 17.3. The van der Waals surface area contributed by atoms with Crippen molar-refractivity contribution in [2.75, 3.05) is 20.3 Å². The molecule has 3 rings (SSSR count). The van der Waals surface area contributed by atoms with E-state index >= 15 is 0 Å². The van der Waals surface area contributed by atoms with E-state index in [9.17, 15) is 9.59 Å². The fraction of sp³-hybridized carbons (Fsp3) is 0.261. The maximum Gasteiger partial charge on any atom is 0.266 e. The number of aromatic nitrogens is 2. The van der Waals surface area contributed by atoms with Crippen LogP contribution in [0.4, 0.5) is 0 Å². The van der Waals surface area contributed by atoms with Crippen molar-refractivity contribution in [3.05, 3.63) is 76.1 Å². The van der Waals surface area contributed by atoms with Crippen molar-refractivity contribution < 1.29 is 14.3 Å². The molecule has 156 valence electrons. The van der Waals surface area contributed by atoms with E-state index in [1.807, 2.05) is 56.3 Å². The molecule has 0 aliphatic rings. The van der Waals surface area contributed by atoms with Crippen LogP contribution in [0.1, 0.15) is 11.1 Å². The van der Waals surface area contributed by atoms with Crippen molar-refractivity contribution in [1.29, 1.82) is 0 Å². The number of nitrogens with zero attached hydrogens (tertiary/aromatic N) is 2. The van der Waals surface area contributed by atoms with E-state index in [2.05, 4.69) is 10.4 Å². The summed E-state index contributed by atoms with van der Waals surface area (Å²) >= 11 is 0. The first kappa shape index (κ1) is 21.1. The summed E-state index contributed by atoms with van der Waals surface area (Å²) in [6.07, 6.45) is 0. The quantitative estimate of drug-likeness (QED) is 0.621. The summed E-state index contributed by atoms with van der Waals surface area (Å²) < 4.78 is 12.0. The average Bonchev–Trinajstić information content (AvgIpc) is 2.76. The third-order valence-electron chi connectivity index (χ3n) is 4.75. The topological polar surface area (TPSA) is 82.5 Å². The molecule has 0 atom stereocenters. The van der Waals surface area contributed by atoms with Gasteiger partial charge in [0.25, 0.3) is 11.5 Å². The summed E-state index contributed by atoms with van der Waals surface area (Å²) in [6.45, 7) is 4.46. The zero-order chi connectivity index (χ0) is 21.5. The van der Waals surface area contributed by atoms with E-state index in [4.69, 9.17) is 9.47 Å². The molecule has 0 saturated heterocycles. The van der Waals surface area contributed by atoms with Gasteiger partial charge in [-0.25, -0.2) is 4.68 Å². The molecule has 0 radical (unpaired) electrons. The second-order valence-corrected chi connectivity index (χ2v) is 6.89. The van der Waals surface area contributed by atoms with Gasteiger partial charge in [0.1, 0.15) is 11.5 Å². The Labute approximate surface area is 175 Å². The van der Waals surface area contributed by atoms with Crippen LogP contribution in [0.2, 0.25) is 0 Å². The van der Waals surface area contributed by atoms with Crippen molar-refractivity contribution >= 4 is 5.91 Å². The van der Waals surface area contributed by atoms with Crippen molar-refractivity contribution in [2.45, 2.75) is 20.4 Å². The molecule has 0 aliphatic heterocycles. The van der Waals surface area contributed by atoms with Gasteiger partial charge in [-0.15, -0.1) is 0 Å². The van der Waals surface area contributed by atoms with Crippen molar-refractivity contribution in [1.82, 2.24) is 15.1 Å². The van der Waals surface area contributed by atoms with Crippen LogP contribution in [-0.4, -0.2) is 35.9 Å². The lowest BCUT2D eigenvalue weighted by Gasteiger charge is -2.10. The monoisotopic (exact) mass is 407 g/mol. The molecule has 0 spiro atoms. The summed E-state index contributed by atoms with van der Waals surface area (Å²) in [5.74, 6) is 1.14. The Morgan fingerprint density at radius 2 is 1.73 bits per heavy atom. The fourth-order valence-electron chi connectivity index (χ4n) is 2.83. The average molecular weight is 407 g/mol. The van der Waals surface area contributed by atoms with Crippen molar-refractivity contribution in [3.8, 4) is 22.8 Å². The molecule has 3 aromatic rings. The number of ether oxygens (including phenoxy) is 2. The first-order chi connectivity index (χ1) is 14.5. The summed E-state index contributed by atoms with van der Waals surface area (Å²) in [5.41, 5.74) is 3.58. The largest absolute Gasteiger partial charge is 0.497 e. The Morgan fingerprint density at radius 3 is 2.43 bits per heavy atom. The SMILES string of the molecule is COc1ccc(-c2ccc(=O)n(CCNC(=O)COc3ccc(C)c(C)c3)n2)cc1.